The first-order valence-corrected chi connectivity index (χ1v) is 30.7. The molecule has 0 saturated heterocycles. The maximum absolute atomic E-state index is 12.6. The molecule has 5 N–H and O–H groups in total. The smallest absolute Gasteiger partial charge is 0.249 e. The van der Waals surface area contributed by atoms with Crippen LogP contribution in [-0.2, 0) is 4.79 Å². The molecule has 0 aliphatic heterocycles. The van der Waals surface area contributed by atoms with E-state index >= 15 is 0 Å². The van der Waals surface area contributed by atoms with Crippen LogP contribution in [0.2, 0.25) is 0 Å². The number of aliphatic hydroxyl groups is 4. The fraction of sp³-hybridized carbons (Fsp3) is 0.919. The van der Waals surface area contributed by atoms with Gasteiger partial charge in [-0.05, 0) is 64.2 Å². The average Bonchev–Trinajstić information content (AvgIpc) is 3.34. The summed E-state index contributed by atoms with van der Waals surface area (Å²) < 4.78 is 0. The Morgan fingerprint density at radius 3 is 0.882 bits per heavy atom. The van der Waals surface area contributed by atoms with Crippen molar-refractivity contribution in [1.29, 1.82) is 0 Å². The van der Waals surface area contributed by atoms with Gasteiger partial charge in [-0.25, -0.2) is 0 Å². The van der Waals surface area contributed by atoms with Crippen molar-refractivity contribution in [3.63, 3.8) is 0 Å². The molecule has 0 aromatic carbocycles. The van der Waals surface area contributed by atoms with E-state index in [1.165, 1.54) is 270 Å². The Morgan fingerprint density at radius 1 is 0.353 bits per heavy atom. The van der Waals surface area contributed by atoms with Crippen LogP contribution >= 0.6 is 0 Å². The number of nitrogens with one attached hydrogen (secondary N) is 1. The summed E-state index contributed by atoms with van der Waals surface area (Å²) in [5.74, 6) is -0.589. The van der Waals surface area contributed by atoms with Gasteiger partial charge < -0.3 is 25.7 Å². The van der Waals surface area contributed by atoms with E-state index in [-0.39, 0.29) is 0 Å². The molecule has 0 spiro atoms. The normalized spacial score (nSPS) is 13.8. The molecule has 6 nitrogen and oxygen atoms in total. The van der Waals surface area contributed by atoms with Crippen molar-refractivity contribution < 1.29 is 25.2 Å². The van der Waals surface area contributed by atoms with Gasteiger partial charge >= 0.3 is 0 Å². The second-order valence-electron chi connectivity index (χ2n) is 21.4. The molecule has 1 amide bonds. The highest BCUT2D eigenvalue weighted by Gasteiger charge is 2.28. The van der Waals surface area contributed by atoms with Crippen LogP contribution in [0.4, 0.5) is 0 Å². The second kappa shape index (κ2) is 56.7. The maximum atomic E-state index is 12.6. The van der Waals surface area contributed by atoms with Gasteiger partial charge in [-0.2, -0.15) is 0 Å². The molecule has 0 heterocycles. The molecule has 0 aliphatic rings. The zero-order valence-corrected chi connectivity index (χ0v) is 45.9. The lowest BCUT2D eigenvalue weighted by Crippen LogP contribution is -2.53. The highest BCUT2D eigenvalue weighted by Crippen LogP contribution is 2.18. The van der Waals surface area contributed by atoms with Crippen molar-refractivity contribution in [1.82, 2.24) is 5.32 Å². The summed E-state index contributed by atoms with van der Waals surface area (Å²) in [6.07, 6.45) is 69.8. The van der Waals surface area contributed by atoms with Crippen molar-refractivity contribution in [2.45, 2.75) is 359 Å². The summed E-state index contributed by atoms with van der Waals surface area (Å²) in [7, 11) is 0. The maximum Gasteiger partial charge on any atom is 0.249 e. The van der Waals surface area contributed by atoms with Gasteiger partial charge in [0.25, 0.3) is 0 Å². The lowest BCUT2D eigenvalue weighted by molar-refractivity contribution is -0.132. The Hall–Kier alpha value is -1.21. The molecule has 0 aromatic rings. The SMILES string of the molecule is CCCCCCCCCCCCCC/C=C\CCCCCCCCCCCCC(O)C(=O)NC(CO)C(O)C(O)CCC/C=C/CCCCCCCCCCCCCCCCCCCCCCC. The quantitative estimate of drug-likeness (QED) is 0.0308. The molecule has 0 saturated carbocycles. The second-order valence-corrected chi connectivity index (χ2v) is 21.4. The van der Waals surface area contributed by atoms with Gasteiger partial charge in [0.05, 0.1) is 18.8 Å². The molecule has 0 aliphatic carbocycles. The van der Waals surface area contributed by atoms with Gasteiger partial charge in [0.2, 0.25) is 5.91 Å². The number of unbranched alkanes of at least 4 members (excludes halogenated alkanes) is 44. The highest BCUT2D eigenvalue weighted by atomic mass is 16.3. The number of amides is 1. The summed E-state index contributed by atoms with van der Waals surface area (Å²) >= 11 is 0. The third-order valence-electron chi connectivity index (χ3n) is 14.6. The molecule has 6 heteroatoms. The minimum Gasteiger partial charge on any atom is -0.394 e. The summed E-state index contributed by atoms with van der Waals surface area (Å²) in [5, 5.41) is 44.1. The van der Waals surface area contributed by atoms with E-state index in [4.69, 9.17) is 0 Å². The zero-order chi connectivity index (χ0) is 49.5. The van der Waals surface area contributed by atoms with Crippen molar-refractivity contribution in [3.05, 3.63) is 24.3 Å². The Morgan fingerprint density at radius 2 is 0.603 bits per heavy atom. The minimum atomic E-state index is -1.28. The fourth-order valence-corrected chi connectivity index (χ4v) is 9.82. The number of hydrogen-bond acceptors (Lipinski definition) is 5. The molecule has 0 aromatic heterocycles. The van der Waals surface area contributed by atoms with E-state index in [1.807, 2.05) is 0 Å². The average molecular weight is 961 g/mol. The first-order valence-electron chi connectivity index (χ1n) is 30.7. The standard InChI is InChI=1S/C62H121NO5/c1-3-5-7-9-11-13-15-17-19-21-23-25-27-29-31-33-35-37-39-41-43-45-47-49-51-53-55-59(65)61(67)58(57-64)63-62(68)60(66)56-54-52-50-48-46-44-42-40-38-36-34-32-30-28-26-24-22-20-18-16-14-12-10-8-6-4-2/h30,32,47,49,58-61,64-67H,3-29,31,33-46,48,50-57H2,1-2H3,(H,63,68)/b32-30-,49-47+. The molecule has 404 valence electrons. The summed E-state index contributed by atoms with van der Waals surface area (Å²) in [4.78, 5) is 12.6. The van der Waals surface area contributed by atoms with Crippen molar-refractivity contribution in [2.75, 3.05) is 6.61 Å². The van der Waals surface area contributed by atoms with E-state index in [0.29, 0.717) is 12.8 Å². The highest BCUT2D eigenvalue weighted by molar-refractivity contribution is 5.80. The first-order chi connectivity index (χ1) is 33.5. The van der Waals surface area contributed by atoms with Crippen LogP contribution in [0.1, 0.15) is 335 Å². The van der Waals surface area contributed by atoms with Crippen molar-refractivity contribution >= 4 is 5.91 Å². The van der Waals surface area contributed by atoms with Crippen LogP contribution in [0.3, 0.4) is 0 Å². The molecule has 0 fully saturated rings. The fourth-order valence-electron chi connectivity index (χ4n) is 9.82. The largest absolute Gasteiger partial charge is 0.394 e. The summed E-state index contributed by atoms with van der Waals surface area (Å²) in [6, 6.07) is -1.00. The molecule has 4 unspecified atom stereocenters. The predicted octanol–water partition coefficient (Wildman–Crippen LogP) is 18.2. The zero-order valence-electron chi connectivity index (χ0n) is 45.9. The van der Waals surface area contributed by atoms with Gasteiger partial charge in [-0.3, -0.25) is 4.79 Å². The third kappa shape index (κ3) is 49.8. The Labute approximate surface area is 425 Å². The number of hydrogen-bond donors (Lipinski definition) is 5. The van der Waals surface area contributed by atoms with Gasteiger partial charge in [-0.1, -0.05) is 295 Å². The minimum absolute atomic E-state index is 0.363. The number of carbonyl (C=O) groups excluding carboxylic acids is 1. The molecule has 68 heavy (non-hydrogen) atoms. The van der Waals surface area contributed by atoms with Crippen molar-refractivity contribution in [2.24, 2.45) is 0 Å². The number of rotatable bonds is 57. The van der Waals surface area contributed by atoms with E-state index < -0.39 is 36.9 Å². The lowest BCUT2D eigenvalue weighted by Gasteiger charge is -2.27. The van der Waals surface area contributed by atoms with E-state index in [9.17, 15) is 25.2 Å². The molecular weight excluding hydrogens is 839 g/mol. The molecule has 0 radical (unpaired) electrons. The van der Waals surface area contributed by atoms with Gasteiger partial charge in [-0.15, -0.1) is 0 Å². The van der Waals surface area contributed by atoms with E-state index in [2.05, 4.69) is 43.5 Å². The van der Waals surface area contributed by atoms with Crippen LogP contribution in [0.25, 0.3) is 0 Å². The molecule has 4 atom stereocenters. The summed E-state index contributed by atoms with van der Waals surface area (Å²) in [6.45, 7) is 4.09. The lowest BCUT2D eigenvalue weighted by atomic mass is 10.00. The van der Waals surface area contributed by atoms with Gasteiger partial charge in [0.1, 0.15) is 12.2 Å². The van der Waals surface area contributed by atoms with Gasteiger partial charge in [0, 0.05) is 0 Å². The number of carbonyl (C=O) groups is 1. The first kappa shape index (κ1) is 66.8. The van der Waals surface area contributed by atoms with Crippen LogP contribution < -0.4 is 5.32 Å². The Balaban J connectivity index is 3.62. The van der Waals surface area contributed by atoms with Crippen LogP contribution in [-0.4, -0.2) is 57.3 Å². The number of aliphatic hydroxyl groups excluding tert-OH is 4. The Bertz CT molecular complexity index is 1030. The topological polar surface area (TPSA) is 110 Å². The number of allylic oxidation sites excluding steroid dienone is 4. The summed E-state index contributed by atoms with van der Waals surface area (Å²) in [5.41, 5.74) is 0. The molecule has 0 rings (SSSR count). The predicted molar refractivity (Wildman–Crippen MR) is 298 cm³/mol. The van der Waals surface area contributed by atoms with Crippen LogP contribution in [0.5, 0.6) is 0 Å². The van der Waals surface area contributed by atoms with Gasteiger partial charge in [0.15, 0.2) is 0 Å². The van der Waals surface area contributed by atoms with E-state index in [1.54, 1.807) is 0 Å². The molecule has 0 bridgehead atoms. The third-order valence-corrected chi connectivity index (χ3v) is 14.6. The van der Waals surface area contributed by atoms with Crippen LogP contribution in [0.15, 0.2) is 24.3 Å². The van der Waals surface area contributed by atoms with Crippen LogP contribution in [0, 0.1) is 0 Å². The van der Waals surface area contributed by atoms with E-state index in [0.717, 1.165) is 38.5 Å². The van der Waals surface area contributed by atoms with Crippen molar-refractivity contribution in [3.8, 4) is 0 Å². The Kier molecular flexibility index (Phi) is 55.7. The molecular formula is C62H121NO5. The monoisotopic (exact) mass is 960 g/mol.